The third kappa shape index (κ3) is 6.35. The maximum absolute atomic E-state index is 11.7. The molecule has 1 amide bonds. The van der Waals surface area contributed by atoms with Crippen molar-refractivity contribution in [2.24, 2.45) is 11.7 Å². The van der Waals surface area contributed by atoms with Crippen molar-refractivity contribution in [1.29, 1.82) is 0 Å². The normalized spacial score (nSPS) is 23.2. The molecule has 1 rings (SSSR count). The summed E-state index contributed by atoms with van der Waals surface area (Å²) in [5.41, 5.74) is 5.00. The lowest BCUT2D eigenvalue weighted by Gasteiger charge is -2.33. The summed E-state index contributed by atoms with van der Waals surface area (Å²) in [6.07, 6.45) is 7.06. The van der Waals surface area contributed by atoms with Crippen LogP contribution in [-0.2, 0) is 4.79 Å². The van der Waals surface area contributed by atoms with Crippen molar-refractivity contribution >= 4 is 5.91 Å². The van der Waals surface area contributed by atoms with Gasteiger partial charge in [0, 0.05) is 12.6 Å². The van der Waals surface area contributed by atoms with E-state index < -0.39 is 5.54 Å². The molecule has 0 bridgehead atoms. The fourth-order valence-corrected chi connectivity index (χ4v) is 3.41. The molecule has 0 spiro atoms. The van der Waals surface area contributed by atoms with Crippen LogP contribution in [0.2, 0.25) is 0 Å². The average Bonchev–Trinajstić information content (AvgIpc) is 2.43. The highest BCUT2D eigenvalue weighted by Gasteiger charge is 2.30. The number of primary amides is 1. The van der Waals surface area contributed by atoms with E-state index in [-0.39, 0.29) is 11.9 Å². The minimum atomic E-state index is -0.567. The maximum atomic E-state index is 11.7. The van der Waals surface area contributed by atoms with Crippen molar-refractivity contribution < 1.29 is 4.79 Å². The van der Waals surface area contributed by atoms with Gasteiger partial charge in [0.15, 0.2) is 0 Å². The van der Waals surface area contributed by atoms with Crippen LogP contribution in [-0.4, -0.2) is 42.0 Å². The minimum absolute atomic E-state index is 0.236. The largest absolute Gasteiger partial charge is 0.368 e. The first-order valence-electron chi connectivity index (χ1n) is 8.67. The molecule has 1 saturated heterocycles. The van der Waals surface area contributed by atoms with Crippen LogP contribution in [0.3, 0.4) is 0 Å². The van der Waals surface area contributed by atoms with Crippen molar-refractivity contribution in [1.82, 2.24) is 10.2 Å². The molecule has 1 aliphatic heterocycles. The molecule has 1 aliphatic rings. The first-order chi connectivity index (χ1) is 9.87. The number of hydrogen-bond acceptors (Lipinski definition) is 3. The number of carbonyl (C=O) groups is 1. The number of unbranched alkanes of at least 4 members (excludes halogenated alkanes) is 1. The van der Waals surface area contributed by atoms with Gasteiger partial charge in [-0.1, -0.05) is 13.3 Å². The van der Waals surface area contributed by atoms with Crippen LogP contribution >= 0.6 is 0 Å². The molecule has 1 fully saturated rings. The zero-order valence-corrected chi connectivity index (χ0v) is 14.5. The molecule has 1 heterocycles. The zero-order valence-electron chi connectivity index (χ0n) is 14.5. The van der Waals surface area contributed by atoms with E-state index in [1.54, 1.807) is 0 Å². The molecule has 2 unspecified atom stereocenters. The van der Waals surface area contributed by atoms with Gasteiger partial charge in [0.25, 0.3) is 0 Å². The summed E-state index contributed by atoms with van der Waals surface area (Å²) in [6, 6.07) is 0.273. The number of nitrogens with one attached hydrogen (secondary N) is 1. The molecule has 0 aromatic carbocycles. The topological polar surface area (TPSA) is 58.4 Å². The molecule has 0 radical (unpaired) electrons. The lowest BCUT2D eigenvalue weighted by molar-refractivity contribution is -0.124. The van der Waals surface area contributed by atoms with E-state index in [1.807, 2.05) is 6.92 Å². The zero-order chi connectivity index (χ0) is 15.9. The van der Waals surface area contributed by atoms with Gasteiger partial charge in [-0.05, 0) is 71.9 Å². The van der Waals surface area contributed by atoms with Crippen molar-refractivity contribution in [2.45, 2.75) is 77.8 Å². The standard InChI is InChI=1S/C17H35N3O/c1-5-15-9-8-12-20(13-15)11-7-6-10-17(4,16(18)21)19-14(2)3/h14-15,19H,5-13H2,1-4H3,(H2,18,21). The average molecular weight is 297 g/mol. The van der Waals surface area contributed by atoms with E-state index in [9.17, 15) is 4.79 Å². The fourth-order valence-electron chi connectivity index (χ4n) is 3.41. The van der Waals surface area contributed by atoms with Gasteiger partial charge in [0.2, 0.25) is 5.91 Å². The van der Waals surface area contributed by atoms with Crippen molar-refractivity contribution in [3.05, 3.63) is 0 Å². The number of rotatable bonds is 9. The minimum Gasteiger partial charge on any atom is -0.368 e. The van der Waals surface area contributed by atoms with Crippen molar-refractivity contribution in [3.63, 3.8) is 0 Å². The molecule has 3 N–H and O–H groups in total. The Kier molecular flexibility index (Phi) is 7.67. The number of likely N-dealkylation sites (tertiary alicyclic amines) is 1. The van der Waals surface area contributed by atoms with Gasteiger partial charge in [-0.25, -0.2) is 0 Å². The van der Waals surface area contributed by atoms with Crippen LogP contribution < -0.4 is 11.1 Å². The second kappa shape index (κ2) is 8.74. The summed E-state index contributed by atoms with van der Waals surface area (Å²) in [4.78, 5) is 14.3. The molecule has 21 heavy (non-hydrogen) atoms. The van der Waals surface area contributed by atoms with Gasteiger partial charge in [-0.3, -0.25) is 4.79 Å². The number of nitrogens with two attached hydrogens (primary N) is 1. The molecule has 124 valence electrons. The first-order valence-corrected chi connectivity index (χ1v) is 8.67. The first kappa shape index (κ1) is 18.4. The highest BCUT2D eigenvalue weighted by Crippen LogP contribution is 2.20. The molecule has 0 aliphatic carbocycles. The second-order valence-electron chi connectivity index (χ2n) is 7.17. The van der Waals surface area contributed by atoms with Gasteiger partial charge < -0.3 is 16.0 Å². The van der Waals surface area contributed by atoms with E-state index in [0.717, 1.165) is 31.7 Å². The Morgan fingerprint density at radius 1 is 1.43 bits per heavy atom. The van der Waals surface area contributed by atoms with Crippen LogP contribution in [0.4, 0.5) is 0 Å². The van der Waals surface area contributed by atoms with Crippen molar-refractivity contribution in [3.8, 4) is 0 Å². The Labute approximate surface area is 130 Å². The lowest BCUT2D eigenvalue weighted by atomic mass is 9.92. The van der Waals surface area contributed by atoms with E-state index in [0.29, 0.717) is 0 Å². The monoisotopic (exact) mass is 297 g/mol. The van der Waals surface area contributed by atoms with Crippen LogP contribution in [0, 0.1) is 5.92 Å². The summed E-state index contributed by atoms with van der Waals surface area (Å²) in [7, 11) is 0. The number of carbonyl (C=O) groups excluding carboxylic acids is 1. The van der Waals surface area contributed by atoms with Crippen LogP contribution in [0.1, 0.15) is 66.2 Å². The molecule has 0 aromatic heterocycles. The number of hydrogen-bond donors (Lipinski definition) is 2. The molecular formula is C17H35N3O. The summed E-state index contributed by atoms with van der Waals surface area (Å²) in [6.45, 7) is 12.0. The van der Waals surface area contributed by atoms with Crippen molar-refractivity contribution in [2.75, 3.05) is 19.6 Å². The predicted octanol–water partition coefficient (Wildman–Crippen LogP) is 2.52. The van der Waals surface area contributed by atoms with E-state index >= 15 is 0 Å². The smallest absolute Gasteiger partial charge is 0.237 e. The maximum Gasteiger partial charge on any atom is 0.237 e. The molecule has 4 nitrogen and oxygen atoms in total. The Hall–Kier alpha value is -0.610. The Morgan fingerprint density at radius 3 is 2.71 bits per heavy atom. The summed E-state index contributed by atoms with van der Waals surface area (Å²) in [5, 5.41) is 3.32. The molecule has 4 heteroatoms. The highest BCUT2D eigenvalue weighted by atomic mass is 16.1. The van der Waals surface area contributed by atoms with Gasteiger partial charge in [-0.2, -0.15) is 0 Å². The third-order valence-corrected chi connectivity index (χ3v) is 4.73. The summed E-state index contributed by atoms with van der Waals surface area (Å²) >= 11 is 0. The summed E-state index contributed by atoms with van der Waals surface area (Å²) < 4.78 is 0. The van der Waals surface area contributed by atoms with Gasteiger partial charge >= 0.3 is 0 Å². The quantitative estimate of drug-likeness (QED) is 0.643. The SMILES string of the molecule is CCC1CCCN(CCCCC(C)(NC(C)C)C(N)=O)C1. The number of piperidine rings is 1. The van der Waals surface area contributed by atoms with Crippen LogP contribution in [0.5, 0.6) is 0 Å². The molecule has 0 aromatic rings. The number of amides is 1. The second-order valence-corrected chi connectivity index (χ2v) is 7.17. The lowest BCUT2D eigenvalue weighted by Crippen LogP contribution is -2.55. The van der Waals surface area contributed by atoms with Gasteiger partial charge in [0.05, 0.1) is 5.54 Å². The highest BCUT2D eigenvalue weighted by molar-refractivity contribution is 5.84. The third-order valence-electron chi connectivity index (χ3n) is 4.73. The van der Waals surface area contributed by atoms with E-state index in [2.05, 4.69) is 31.0 Å². The van der Waals surface area contributed by atoms with Crippen LogP contribution in [0.15, 0.2) is 0 Å². The fraction of sp³-hybridized carbons (Fsp3) is 0.941. The Bertz CT molecular complexity index is 319. The molecular weight excluding hydrogens is 262 g/mol. The van der Waals surface area contributed by atoms with E-state index in [1.165, 1.54) is 32.4 Å². The van der Waals surface area contributed by atoms with Gasteiger partial charge in [0.1, 0.15) is 0 Å². The van der Waals surface area contributed by atoms with Gasteiger partial charge in [-0.15, -0.1) is 0 Å². The number of nitrogens with zero attached hydrogens (tertiary/aromatic N) is 1. The summed E-state index contributed by atoms with van der Waals surface area (Å²) in [5.74, 6) is 0.650. The molecule has 0 saturated carbocycles. The van der Waals surface area contributed by atoms with E-state index in [4.69, 9.17) is 5.73 Å². The predicted molar refractivity (Wildman–Crippen MR) is 89.2 cm³/mol. The molecule has 2 atom stereocenters. The Morgan fingerprint density at radius 2 is 2.14 bits per heavy atom. The Balaban J connectivity index is 2.29. The van der Waals surface area contributed by atoms with Crippen LogP contribution in [0.25, 0.3) is 0 Å².